The molecular formula is C18H24N4O2. The Balaban J connectivity index is 1.54. The number of hydrogen-bond acceptors (Lipinski definition) is 3. The Morgan fingerprint density at radius 2 is 2.33 bits per heavy atom. The first-order chi connectivity index (χ1) is 11.8. The lowest BCUT2D eigenvalue weighted by molar-refractivity contribution is 0.0924. The molecule has 4 rings (SSSR count). The zero-order valence-electron chi connectivity index (χ0n) is 14.0. The van der Waals surface area contributed by atoms with E-state index in [2.05, 4.69) is 15.4 Å². The van der Waals surface area contributed by atoms with Crippen LogP contribution < -0.4 is 5.32 Å². The van der Waals surface area contributed by atoms with Gasteiger partial charge >= 0.3 is 0 Å². The molecule has 2 heterocycles. The summed E-state index contributed by atoms with van der Waals surface area (Å²) in [4.78, 5) is 15.9. The fourth-order valence-electron chi connectivity index (χ4n) is 3.70. The smallest absolute Gasteiger partial charge is 0.268 e. The van der Waals surface area contributed by atoms with E-state index >= 15 is 0 Å². The molecule has 0 spiro atoms. The van der Waals surface area contributed by atoms with Gasteiger partial charge in [0.1, 0.15) is 5.69 Å². The molecule has 6 heteroatoms. The van der Waals surface area contributed by atoms with Gasteiger partial charge in [-0.25, -0.2) is 0 Å². The van der Waals surface area contributed by atoms with E-state index in [1.807, 2.05) is 23.1 Å². The Kier molecular flexibility index (Phi) is 4.14. The third-order valence-electron chi connectivity index (χ3n) is 5.07. The van der Waals surface area contributed by atoms with E-state index in [4.69, 9.17) is 4.74 Å². The zero-order valence-corrected chi connectivity index (χ0v) is 14.0. The first kappa shape index (κ1) is 15.4. The van der Waals surface area contributed by atoms with Gasteiger partial charge in [-0.15, -0.1) is 0 Å². The van der Waals surface area contributed by atoms with Crippen molar-refractivity contribution in [2.75, 3.05) is 13.7 Å². The number of methoxy groups -OCH3 is 1. The number of fused-ring (bicyclic) bond motifs is 1. The number of aromatic amines is 1. The zero-order chi connectivity index (χ0) is 16.5. The molecule has 0 radical (unpaired) electrons. The Bertz CT molecular complexity index is 729. The van der Waals surface area contributed by atoms with Crippen LogP contribution >= 0.6 is 0 Å². The second kappa shape index (κ2) is 6.43. The third-order valence-corrected chi connectivity index (χ3v) is 5.07. The highest BCUT2D eigenvalue weighted by molar-refractivity contribution is 5.94. The number of amides is 1. The predicted molar refractivity (Wildman–Crippen MR) is 90.0 cm³/mol. The number of H-pyrrole nitrogens is 1. The maximum Gasteiger partial charge on any atom is 0.268 e. The fourth-order valence-corrected chi connectivity index (χ4v) is 3.70. The average molecular weight is 328 g/mol. The minimum absolute atomic E-state index is 0.000702. The summed E-state index contributed by atoms with van der Waals surface area (Å²) in [6.07, 6.45) is 9.26. The van der Waals surface area contributed by atoms with E-state index in [0.29, 0.717) is 19.1 Å². The molecule has 2 aliphatic carbocycles. The number of carbonyl (C=O) groups excluding carboxylic acids is 1. The van der Waals surface area contributed by atoms with Gasteiger partial charge < -0.3 is 15.0 Å². The van der Waals surface area contributed by atoms with Gasteiger partial charge in [-0.1, -0.05) is 0 Å². The maximum absolute atomic E-state index is 12.8. The molecule has 1 unspecified atom stereocenters. The largest absolute Gasteiger partial charge is 0.383 e. The minimum Gasteiger partial charge on any atom is -0.383 e. The van der Waals surface area contributed by atoms with E-state index in [9.17, 15) is 4.79 Å². The van der Waals surface area contributed by atoms with Crippen molar-refractivity contribution >= 4 is 5.91 Å². The van der Waals surface area contributed by atoms with Gasteiger partial charge in [0.25, 0.3) is 5.91 Å². The quantitative estimate of drug-likeness (QED) is 0.856. The molecule has 1 amide bonds. The average Bonchev–Trinajstić information content (AvgIpc) is 3.16. The second-order valence-corrected chi connectivity index (χ2v) is 6.77. The molecule has 0 aromatic carbocycles. The summed E-state index contributed by atoms with van der Waals surface area (Å²) in [6.45, 7) is 1.34. The molecule has 24 heavy (non-hydrogen) atoms. The number of nitrogens with one attached hydrogen (secondary N) is 2. The van der Waals surface area contributed by atoms with Crippen LogP contribution in [0.1, 0.15) is 65.0 Å². The molecular weight excluding hydrogens is 304 g/mol. The SMILES string of the molecule is COCCn1ncc2c1C(NC(=O)c1[nH]ccc1C1CC1)CCC2. The lowest BCUT2D eigenvalue weighted by atomic mass is 9.93. The summed E-state index contributed by atoms with van der Waals surface area (Å²) in [7, 11) is 1.69. The Morgan fingerprint density at radius 1 is 1.46 bits per heavy atom. The molecule has 2 aliphatic rings. The molecule has 0 saturated heterocycles. The van der Waals surface area contributed by atoms with Crippen molar-refractivity contribution in [2.24, 2.45) is 0 Å². The molecule has 2 aromatic rings. The molecule has 1 atom stereocenters. The summed E-state index contributed by atoms with van der Waals surface area (Å²) in [5, 5.41) is 7.72. The van der Waals surface area contributed by atoms with Crippen molar-refractivity contribution < 1.29 is 9.53 Å². The number of carbonyl (C=O) groups is 1. The van der Waals surface area contributed by atoms with Gasteiger partial charge in [0, 0.05) is 13.3 Å². The lowest BCUT2D eigenvalue weighted by Crippen LogP contribution is -2.33. The van der Waals surface area contributed by atoms with Crippen molar-refractivity contribution in [1.82, 2.24) is 20.1 Å². The van der Waals surface area contributed by atoms with Crippen LogP contribution in [0, 0.1) is 0 Å². The monoisotopic (exact) mass is 328 g/mol. The van der Waals surface area contributed by atoms with Gasteiger partial charge in [0.2, 0.25) is 0 Å². The van der Waals surface area contributed by atoms with Gasteiger partial charge in [-0.3, -0.25) is 9.48 Å². The summed E-state index contributed by atoms with van der Waals surface area (Å²) < 4.78 is 7.16. The van der Waals surface area contributed by atoms with Gasteiger partial charge in [0.15, 0.2) is 0 Å². The van der Waals surface area contributed by atoms with Gasteiger partial charge in [-0.05, 0) is 55.2 Å². The highest BCUT2D eigenvalue weighted by atomic mass is 16.5. The number of hydrogen-bond donors (Lipinski definition) is 2. The number of rotatable bonds is 6. The maximum atomic E-state index is 12.8. The van der Waals surface area contributed by atoms with E-state index < -0.39 is 0 Å². The van der Waals surface area contributed by atoms with Crippen LogP contribution in [-0.4, -0.2) is 34.4 Å². The molecule has 1 saturated carbocycles. The van der Waals surface area contributed by atoms with Crippen molar-refractivity contribution in [3.8, 4) is 0 Å². The van der Waals surface area contributed by atoms with Crippen molar-refractivity contribution in [1.29, 1.82) is 0 Å². The summed E-state index contributed by atoms with van der Waals surface area (Å²) in [5.74, 6) is 0.561. The summed E-state index contributed by atoms with van der Waals surface area (Å²) >= 11 is 0. The standard InChI is InChI=1S/C18H24N4O2/c1-24-10-9-22-17-13(11-20-22)3-2-4-15(17)21-18(23)16-14(7-8-19-16)12-5-6-12/h7-8,11-12,15,19H,2-6,9-10H2,1H3,(H,21,23). The molecule has 0 aliphatic heterocycles. The number of aryl methyl sites for hydroxylation is 1. The number of nitrogens with zero attached hydrogens (tertiary/aromatic N) is 2. The van der Waals surface area contributed by atoms with Crippen molar-refractivity contribution in [2.45, 2.75) is 50.6 Å². The Morgan fingerprint density at radius 3 is 3.12 bits per heavy atom. The number of ether oxygens (including phenoxy) is 1. The van der Waals surface area contributed by atoms with E-state index in [1.54, 1.807) is 7.11 Å². The predicted octanol–water partition coefficient (Wildman–Crippen LogP) is 2.54. The van der Waals surface area contributed by atoms with Crippen molar-refractivity contribution in [3.63, 3.8) is 0 Å². The third kappa shape index (κ3) is 2.86. The normalized spacial score (nSPS) is 20.0. The van der Waals surface area contributed by atoms with Crippen LogP contribution in [0.15, 0.2) is 18.5 Å². The number of aromatic nitrogens is 3. The molecule has 1 fully saturated rings. The van der Waals surface area contributed by atoms with Gasteiger partial charge in [-0.2, -0.15) is 5.10 Å². The first-order valence-electron chi connectivity index (χ1n) is 8.79. The van der Waals surface area contributed by atoms with E-state index in [-0.39, 0.29) is 11.9 Å². The highest BCUT2D eigenvalue weighted by Crippen LogP contribution is 2.41. The van der Waals surface area contributed by atoms with Crippen LogP contribution in [0.2, 0.25) is 0 Å². The minimum atomic E-state index is -0.000702. The van der Waals surface area contributed by atoms with Crippen LogP contribution in [-0.2, 0) is 17.7 Å². The first-order valence-corrected chi connectivity index (χ1v) is 8.79. The van der Waals surface area contributed by atoms with E-state index in [0.717, 1.165) is 36.2 Å². The second-order valence-electron chi connectivity index (χ2n) is 6.77. The van der Waals surface area contributed by atoms with E-state index in [1.165, 1.54) is 18.4 Å². The van der Waals surface area contributed by atoms with Crippen LogP contribution in [0.25, 0.3) is 0 Å². The summed E-state index contributed by atoms with van der Waals surface area (Å²) in [6, 6.07) is 2.07. The van der Waals surface area contributed by atoms with Gasteiger partial charge in [0.05, 0.1) is 31.1 Å². The lowest BCUT2D eigenvalue weighted by Gasteiger charge is -2.25. The fraction of sp³-hybridized carbons (Fsp3) is 0.556. The molecule has 128 valence electrons. The molecule has 2 N–H and O–H groups in total. The van der Waals surface area contributed by atoms with Crippen molar-refractivity contribution in [3.05, 3.63) is 41.0 Å². The van der Waals surface area contributed by atoms with Crippen LogP contribution in [0.4, 0.5) is 0 Å². The summed E-state index contributed by atoms with van der Waals surface area (Å²) in [5.41, 5.74) is 4.28. The highest BCUT2D eigenvalue weighted by Gasteiger charge is 2.31. The van der Waals surface area contributed by atoms with Crippen LogP contribution in [0.5, 0.6) is 0 Å². The Hall–Kier alpha value is -2.08. The Labute approximate surface area is 141 Å². The molecule has 0 bridgehead atoms. The van der Waals surface area contributed by atoms with Crippen LogP contribution in [0.3, 0.4) is 0 Å². The molecule has 6 nitrogen and oxygen atoms in total. The molecule has 2 aromatic heterocycles. The topological polar surface area (TPSA) is 71.9 Å².